The van der Waals surface area contributed by atoms with Crippen LogP contribution in [-0.2, 0) is 6.61 Å². The Bertz CT molecular complexity index is 1070. The Morgan fingerprint density at radius 2 is 1.53 bits per heavy atom. The van der Waals surface area contributed by atoms with Crippen LogP contribution < -0.4 is 4.74 Å². The Morgan fingerprint density at radius 1 is 0.882 bits per heavy atom. The quantitative estimate of drug-likeness (QED) is 0.284. The van der Waals surface area contributed by atoms with Crippen LogP contribution in [0.2, 0.25) is 0 Å². The number of nitriles is 1. The van der Waals surface area contributed by atoms with E-state index in [4.69, 9.17) is 10.00 Å². The Hall–Kier alpha value is -3.35. The highest BCUT2D eigenvalue weighted by Crippen LogP contribution is 2.36. The molecule has 0 aliphatic carbocycles. The van der Waals surface area contributed by atoms with E-state index in [0.29, 0.717) is 18.7 Å². The molecule has 176 valence electrons. The van der Waals surface area contributed by atoms with Crippen molar-refractivity contribution in [2.75, 3.05) is 6.54 Å². The molecule has 3 rings (SSSR count). The van der Waals surface area contributed by atoms with Crippen LogP contribution in [0.4, 0.5) is 0 Å². The van der Waals surface area contributed by atoms with E-state index in [-0.39, 0.29) is 5.92 Å². The number of ether oxygens (including phenoxy) is 1. The molecule has 3 aromatic rings. The van der Waals surface area contributed by atoms with Crippen molar-refractivity contribution in [2.45, 2.75) is 58.7 Å². The maximum atomic E-state index is 9.03. The minimum atomic E-state index is 0.183. The van der Waals surface area contributed by atoms with Crippen LogP contribution in [0.15, 0.2) is 84.9 Å². The lowest BCUT2D eigenvalue weighted by molar-refractivity contribution is 0.170. The molecule has 0 spiro atoms. The molecule has 0 fully saturated rings. The van der Waals surface area contributed by atoms with Gasteiger partial charge in [-0.2, -0.15) is 5.26 Å². The fraction of sp³-hybridized carbons (Fsp3) is 0.323. The Kier molecular flexibility index (Phi) is 9.50. The molecule has 0 amide bonds. The van der Waals surface area contributed by atoms with Crippen LogP contribution in [0.3, 0.4) is 0 Å². The smallest absolute Gasteiger partial charge is 0.123 e. The number of nitrogens with zero attached hydrogens (tertiary/aromatic N) is 2. The highest BCUT2D eigenvalue weighted by atomic mass is 16.5. The lowest BCUT2D eigenvalue weighted by Gasteiger charge is -2.32. The van der Waals surface area contributed by atoms with Crippen molar-refractivity contribution >= 4 is 6.08 Å². The summed E-state index contributed by atoms with van der Waals surface area (Å²) in [4.78, 5) is 2.54. The molecular formula is C31H36N2O. The monoisotopic (exact) mass is 452 g/mol. The van der Waals surface area contributed by atoms with Gasteiger partial charge in [-0.25, -0.2) is 0 Å². The second-order valence-corrected chi connectivity index (χ2v) is 9.21. The zero-order chi connectivity index (χ0) is 24.3. The summed E-state index contributed by atoms with van der Waals surface area (Å²) in [5.74, 6) is 1.08. The topological polar surface area (TPSA) is 36.3 Å². The molecule has 0 aliphatic rings. The minimum Gasteiger partial charge on any atom is -0.489 e. The first-order chi connectivity index (χ1) is 16.5. The van der Waals surface area contributed by atoms with Gasteiger partial charge < -0.3 is 4.74 Å². The number of benzene rings is 3. The second-order valence-electron chi connectivity index (χ2n) is 9.21. The van der Waals surface area contributed by atoms with Gasteiger partial charge in [-0.15, -0.1) is 0 Å². The molecular weight excluding hydrogens is 416 g/mol. The fourth-order valence-corrected chi connectivity index (χ4v) is 4.52. The summed E-state index contributed by atoms with van der Waals surface area (Å²) in [6, 6.07) is 30.3. The number of rotatable bonds is 11. The van der Waals surface area contributed by atoms with Gasteiger partial charge in [0.25, 0.3) is 0 Å². The molecule has 0 saturated heterocycles. The largest absolute Gasteiger partial charge is 0.489 e. The molecule has 0 saturated carbocycles. The van der Waals surface area contributed by atoms with E-state index in [9.17, 15) is 0 Å². The first kappa shape index (κ1) is 25.3. The van der Waals surface area contributed by atoms with Gasteiger partial charge in [-0.1, -0.05) is 66.7 Å². The molecule has 0 aliphatic heterocycles. The van der Waals surface area contributed by atoms with E-state index in [0.717, 1.165) is 35.4 Å². The predicted molar refractivity (Wildman–Crippen MR) is 142 cm³/mol. The Labute approximate surface area is 205 Å². The first-order valence-electron chi connectivity index (χ1n) is 12.2. The van der Waals surface area contributed by atoms with Crippen molar-refractivity contribution < 1.29 is 4.74 Å². The Balaban J connectivity index is 2.00. The van der Waals surface area contributed by atoms with Crippen molar-refractivity contribution in [1.82, 2.24) is 4.90 Å². The average molecular weight is 453 g/mol. The highest BCUT2D eigenvalue weighted by Gasteiger charge is 2.22. The number of allylic oxidation sites excluding steroid dienone is 1. The van der Waals surface area contributed by atoms with Crippen molar-refractivity contribution in [1.29, 1.82) is 5.26 Å². The van der Waals surface area contributed by atoms with Crippen LogP contribution >= 0.6 is 0 Å². The summed E-state index contributed by atoms with van der Waals surface area (Å²) in [6.07, 6.45) is 4.37. The summed E-state index contributed by atoms with van der Waals surface area (Å²) in [6.45, 7) is 10.6. The summed E-state index contributed by atoms with van der Waals surface area (Å²) in [7, 11) is 0. The zero-order valence-corrected chi connectivity index (χ0v) is 20.8. The molecule has 0 heterocycles. The van der Waals surface area contributed by atoms with E-state index in [1.54, 1.807) is 0 Å². The normalized spacial score (nSPS) is 12.4. The van der Waals surface area contributed by atoms with Crippen LogP contribution in [-0.4, -0.2) is 23.5 Å². The third-order valence-corrected chi connectivity index (χ3v) is 6.20. The van der Waals surface area contributed by atoms with Crippen LogP contribution in [0.5, 0.6) is 5.75 Å². The van der Waals surface area contributed by atoms with E-state index in [1.807, 2.05) is 36.4 Å². The van der Waals surface area contributed by atoms with Gasteiger partial charge in [-0.05, 0) is 75.6 Å². The molecule has 1 atom stereocenters. The molecule has 0 bridgehead atoms. The molecule has 0 aromatic heterocycles. The lowest BCUT2D eigenvalue weighted by Crippen LogP contribution is -2.38. The van der Waals surface area contributed by atoms with Gasteiger partial charge in [-0.3, -0.25) is 4.90 Å². The van der Waals surface area contributed by atoms with Crippen molar-refractivity contribution in [2.24, 2.45) is 0 Å². The third kappa shape index (κ3) is 7.07. The number of hydrogen-bond acceptors (Lipinski definition) is 3. The van der Waals surface area contributed by atoms with Crippen LogP contribution in [0.25, 0.3) is 6.08 Å². The standard InChI is InChI=1S/C31H36N2O/c1-24(2)33(25(3)4)21-19-29(28-15-9-6-10-16-28)30-22-26(14-11-20-32)17-18-31(30)34-23-27-12-7-5-8-13-27/h5-18,22,24-25,29H,19,21,23H2,1-4H3/b14-11+/t29-/m1/s1. The van der Waals surface area contributed by atoms with E-state index in [2.05, 4.69) is 87.2 Å². The second kappa shape index (κ2) is 12.8. The first-order valence-corrected chi connectivity index (χ1v) is 12.2. The number of hydrogen-bond donors (Lipinski definition) is 0. The van der Waals surface area contributed by atoms with E-state index >= 15 is 0 Å². The van der Waals surface area contributed by atoms with Crippen molar-refractivity contribution in [3.63, 3.8) is 0 Å². The van der Waals surface area contributed by atoms with Gasteiger partial charge in [0.1, 0.15) is 12.4 Å². The summed E-state index contributed by atoms with van der Waals surface area (Å²) in [5, 5.41) is 9.03. The lowest BCUT2D eigenvalue weighted by atomic mass is 9.86. The highest BCUT2D eigenvalue weighted by molar-refractivity contribution is 5.57. The molecule has 3 aromatic carbocycles. The van der Waals surface area contributed by atoms with Gasteiger partial charge in [0.15, 0.2) is 0 Å². The molecule has 3 nitrogen and oxygen atoms in total. The van der Waals surface area contributed by atoms with Crippen LogP contribution in [0, 0.1) is 11.3 Å². The Morgan fingerprint density at radius 3 is 2.15 bits per heavy atom. The van der Waals surface area contributed by atoms with Gasteiger partial charge >= 0.3 is 0 Å². The van der Waals surface area contributed by atoms with Crippen molar-refractivity contribution in [3.8, 4) is 11.8 Å². The third-order valence-electron chi connectivity index (χ3n) is 6.20. The molecule has 0 radical (unpaired) electrons. The molecule has 3 heteroatoms. The maximum Gasteiger partial charge on any atom is 0.123 e. The summed E-state index contributed by atoms with van der Waals surface area (Å²) < 4.78 is 6.38. The SMILES string of the molecule is CC(C)N(CC[C@H](c1ccccc1)c1cc(/C=C/C#N)ccc1OCc1ccccc1)C(C)C. The van der Waals surface area contributed by atoms with Gasteiger partial charge in [0.2, 0.25) is 0 Å². The van der Waals surface area contributed by atoms with Gasteiger partial charge in [0.05, 0.1) is 6.07 Å². The fourth-order valence-electron chi connectivity index (χ4n) is 4.52. The van der Waals surface area contributed by atoms with Crippen molar-refractivity contribution in [3.05, 3.63) is 107 Å². The maximum absolute atomic E-state index is 9.03. The minimum absolute atomic E-state index is 0.183. The van der Waals surface area contributed by atoms with E-state index in [1.165, 1.54) is 11.6 Å². The average Bonchev–Trinajstić information content (AvgIpc) is 2.85. The predicted octanol–water partition coefficient (Wildman–Crippen LogP) is 7.44. The van der Waals surface area contributed by atoms with Gasteiger partial charge in [0, 0.05) is 29.6 Å². The van der Waals surface area contributed by atoms with E-state index < -0.39 is 0 Å². The molecule has 0 unspecified atom stereocenters. The zero-order valence-electron chi connectivity index (χ0n) is 20.8. The summed E-state index contributed by atoms with van der Waals surface area (Å²) in [5.41, 5.74) is 4.59. The summed E-state index contributed by atoms with van der Waals surface area (Å²) >= 11 is 0. The van der Waals surface area contributed by atoms with Crippen LogP contribution in [0.1, 0.15) is 62.3 Å². The molecule has 34 heavy (non-hydrogen) atoms. The molecule has 0 N–H and O–H groups in total.